The molecule has 0 bridgehead atoms. The summed E-state index contributed by atoms with van der Waals surface area (Å²) in [5.74, 6) is -0.891. The van der Waals surface area contributed by atoms with E-state index in [1.54, 1.807) is 4.90 Å². The number of carbonyl (C=O) groups is 2. The second-order valence-electron chi connectivity index (χ2n) is 5.80. The van der Waals surface area contributed by atoms with E-state index in [0.29, 0.717) is 25.9 Å². The number of aliphatic carboxylic acids is 1. The van der Waals surface area contributed by atoms with Gasteiger partial charge in [-0.1, -0.05) is 26.2 Å². The molecule has 1 aliphatic carbocycles. The number of carboxylic acid groups (broad SMARTS) is 1. The van der Waals surface area contributed by atoms with Gasteiger partial charge >= 0.3 is 12.0 Å². The average molecular weight is 283 g/mol. The van der Waals surface area contributed by atoms with Gasteiger partial charge in [0.1, 0.15) is 5.54 Å². The van der Waals surface area contributed by atoms with Crippen LogP contribution in [0.4, 0.5) is 4.79 Å². The quantitative estimate of drug-likeness (QED) is 0.814. The van der Waals surface area contributed by atoms with Crippen LogP contribution in [0.5, 0.6) is 0 Å². The van der Waals surface area contributed by atoms with Gasteiger partial charge in [-0.05, 0) is 19.4 Å². The van der Waals surface area contributed by atoms with E-state index in [1.807, 2.05) is 0 Å². The molecule has 0 aromatic rings. The lowest BCUT2D eigenvalue weighted by Gasteiger charge is -2.38. The van der Waals surface area contributed by atoms with Crippen molar-refractivity contribution in [3.63, 3.8) is 0 Å². The molecular formula is C14H25N3O3. The maximum absolute atomic E-state index is 12.3. The fourth-order valence-corrected chi connectivity index (χ4v) is 3.10. The van der Waals surface area contributed by atoms with Gasteiger partial charge in [-0.3, -0.25) is 0 Å². The van der Waals surface area contributed by atoms with Gasteiger partial charge in [0, 0.05) is 26.2 Å². The second-order valence-corrected chi connectivity index (χ2v) is 5.80. The lowest BCUT2D eigenvalue weighted by atomic mass is 9.82. The van der Waals surface area contributed by atoms with E-state index in [1.165, 1.54) is 0 Å². The standard InChI is InChI=1S/C14H25N3O3/c1-2-16-8-10-17(11-9-16)13(20)15-14(12(18)19)6-4-3-5-7-14/h2-11H2,1H3,(H,15,20)(H,18,19). The highest BCUT2D eigenvalue weighted by atomic mass is 16.4. The minimum Gasteiger partial charge on any atom is -0.480 e. The Morgan fingerprint density at radius 1 is 1.10 bits per heavy atom. The van der Waals surface area contributed by atoms with Gasteiger partial charge in [-0.15, -0.1) is 0 Å². The Labute approximate surface area is 120 Å². The van der Waals surface area contributed by atoms with Crippen molar-refractivity contribution in [2.45, 2.75) is 44.6 Å². The lowest BCUT2D eigenvalue weighted by molar-refractivity contribution is -0.146. The first-order valence-corrected chi connectivity index (χ1v) is 7.60. The summed E-state index contributed by atoms with van der Waals surface area (Å²) in [5, 5.41) is 12.3. The molecule has 0 atom stereocenters. The minimum absolute atomic E-state index is 0.218. The van der Waals surface area contributed by atoms with Gasteiger partial charge < -0.3 is 20.2 Å². The maximum Gasteiger partial charge on any atom is 0.329 e. The Balaban J connectivity index is 1.94. The molecular weight excluding hydrogens is 258 g/mol. The van der Waals surface area contributed by atoms with E-state index in [2.05, 4.69) is 17.1 Å². The van der Waals surface area contributed by atoms with E-state index < -0.39 is 11.5 Å². The fourth-order valence-electron chi connectivity index (χ4n) is 3.10. The van der Waals surface area contributed by atoms with Crippen LogP contribution in [-0.4, -0.2) is 65.2 Å². The molecule has 2 aliphatic rings. The highest BCUT2D eigenvalue weighted by Gasteiger charge is 2.42. The summed E-state index contributed by atoms with van der Waals surface area (Å²) in [7, 11) is 0. The molecule has 0 aromatic heterocycles. The average Bonchev–Trinajstić information content (AvgIpc) is 2.48. The molecule has 1 heterocycles. The van der Waals surface area contributed by atoms with E-state index in [-0.39, 0.29) is 6.03 Å². The summed E-state index contributed by atoms with van der Waals surface area (Å²) in [6.07, 6.45) is 3.89. The number of urea groups is 1. The minimum atomic E-state index is -1.04. The zero-order valence-electron chi connectivity index (χ0n) is 12.2. The van der Waals surface area contributed by atoms with Gasteiger partial charge in [0.05, 0.1) is 0 Å². The van der Waals surface area contributed by atoms with Crippen molar-refractivity contribution in [2.24, 2.45) is 0 Å². The van der Waals surface area contributed by atoms with Crippen LogP contribution in [0.3, 0.4) is 0 Å². The van der Waals surface area contributed by atoms with Crippen molar-refractivity contribution in [3.05, 3.63) is 0 Å². The van der Waals surface area contributed by atoms with Crippen LogP contribution in [0.25, 0.3) is 0 Å². The van der Waals surface area contributed by atoms with Crippen LogP contribution < -0.4 is 5.32 Å². The predicted molar refractivity (Wildman–Crippen MR) is 75.7 cm³/mol. The molecule has 20 heavy (non-hydrogen) atoms. The van der Waals surface area contributed by atoms with E-state index in [0.717, 1.165) is 38.9 Å². The first-order chi connectivity index (χ1) is 9.57. The monoisotopic (exact) mass is 283 g/mol. The van der Waals surface area contributed by atoms with Crippen LogP contribution in [-0.2, 0) is 4.79 Å². The van der Waals surface area contributed by atoms with Crippen LogP contribution in [0, 0.1) is 0 Å². The third-order valence-electron chi connectivity index (χ3n) is 4.57. The van der Waals surface area contributed by atoms with Gasteiger partial charge in [-0.25, -0.2) is 9.59 Å². The predicted octanol–water partition coefficient (Wildman–Crippen LogP) is 1.12. The first kappa shape index (κ1) is 15.1. The van der Waals surface area contributed by atoms with E-state index >= 15 is 0 Å². The summed E-state index contributed by atoms with van der Waals surface area (Å²) in [4.78, 5) is 27.9. The number of hydrogen-bond acceptors (Lipinski definition) is 3. The molecule has 1 saturated heterocycles. The highest BCUT2D eigenvalue weighted by molar-refractivity contribution is 5.86. The fraction of sp³-hybridized carbons (Fsp3) is 0.857. The van der Waals surface area contributed by atoms with E-state index in [4.69, 9.17) is 0 Å². The first-order valence-electron chi connectivity index (χ1n) is 7.60. The maximum atomic E-state index is 12.3. The molecule has 2 N–H and O–H groups in total. The Morgan fingerprint density at radius 2 is 1.70 bits per heavy atom. The van der Waals surface area contributed by atoms with Crippen molar-refractivity contribution in [2.75, 3.05) is 32.7 Å². The summed E-state index contributed by atoms with van der Waals surface area (Å²) in [6, 6.07) is -0.218. The smallest absolute Gasteiger partial charge is 0.329 e. The molecule has 6 nitrogen and oxygen atoms in total. The van der Waals surface area contributed by atoms with Crippen molar-refractivity contribution in [3.8, 4) is 0 Å². The molecule has 0 spiro atoms. The SMILES string of the molecule is CCN1CCN(C(=O)NC2(C(=O)O)CCCCC2)CC1. The van der Waals surface area contributed by atoms with E-state index in [9.17, 15) is 14.7 Å². The lowest BCUT2D eigenvalue weighted by Crippen LogP contribution is -2.61. The van der Waals surface area contributed by atoms with Crippen LogP contribution in [0.15, 0.2) is 0 Å². The molecule has 0 unspecified atom stereocenters. The van der Waals surface area contributed by atoms with Crippen molar-refractivity contribution < 1.29 is 14.7 Å². The van der Waals surface area contributed by atoms with Crippen molar-refractivity contribution in [1.29, 1.82) is 0 Å². The second kappa shape index (κ2) is 6.43. The molecule has 2 fully saturated rings. The summed E-state index contributed by atoms with van der Waals surface area (Å²) in [6.45, 7) is 6.18. The highest BCUT2D eigenvalue weighted by Crippen LogP contribution is 2.28. The van der Waals surface area contributed by atoms with Crippen LogP contribution >= 0.6 is 0 Å². The van der Waals surface area contributed by atoms with Gasteiger partial charge in [0.25, 0.3) is 0 Å². The Kier molecular flexibility index (Phi) is 4.86. The number of rotatable bonds is 3. The summed E-state index contributed by atoms with van der Waals surface area (Å²) in [5.41, 5.74) is -1.04. The third-order valence-corrected chi connectivity index (χ3v) is 4.57. The number of amides is 2. The van der Waals surface area contributed by atoms with Crippen LogP contribution in [0.2, 0.25) is 0 Å². The third kappa shape index (κ3) is 3.23. The number of nitrogens with zero attached hydrogens (tertiary/aromatic N) is 2. The van der Waals surface area contributed by atoms with Gasteiger partial charge in [-0.2, -0.15) is 0 Å². The van der Waals surface area contributed by atoms with Gasteiger partial charge in [0.15, 0.2) is 0 Å². The summed E-state index contributed by atoms with van der Waals surface area (Å²) >= 11 is 0. The van der Waals surface area contributed by atoms with Crippen LogP contribution in [0.1, 0.15) is 39.0 Å². The molecule has 0 radical (unpaired) electrons. The number of likely N-dealkylation sites (N-methyl/N-ethyl adjacent to an activating group) is 1. The number of carbonyl (C=O) groups excluding carboxylic acids is 1. The number of piperazine rings is 1. The summed E-state index contributed by atoms with van der Waals surface area (Å²) < 4.78 is 0. The molecule has 1 aliphatic heterocycles. The largest absolute Gasteiger partial charge is 0.480 e. The zero-order chi connectivity index (χ0) is 14.6. The topological polar surface area (TPSA) is 72.9 Å². The Morgan fingerprint density at radius 3 is 2.20 bits per heavy atom. The molecule has 0 aromatic carbocycles. The molecule has 2 amide bonds. The normalized spacial score (nSPS) is 23.4. The number of hydrogen-bond donors (Lipinski definition) is 2. The molecule has 6 heteroatoms. The zero-order valence-corrected chi connectivity index (χ0v) is 12.2. The number of carboxylic acids is 1. The van der Waals surface area contributed by atoms with Crippen molar-refractivity contribution in [1.82, 2.24) is 15.1 Å². The molecule has 2 rings (SSSR count). The molecule has 1 saturated carbocycles. The Bertz CT molecular complexity index is 359. The number of nitrogens with one attached hydrogen (secondary N) is 1. The Hall–Kier alpha value is -1.30. The molecule has 114 valence electrons. The van der Waals surface area contributed by atoms with Crippen molar-refractivity contribution >= 4 is 12.0 Å². The van der Waals surface area contributed by atoms with Gasteiger partial charge in [0.2, 0.25) is 0 Å².